The summed E-state index contributed by atoms with van der Waals surface area (Å²) in [6, 6.07) is 9.71. The van der Waals surface area contributed by atoms with Gasteiger partial charge in [-0.25, -0.2) is 0 Å². The van der Waals surface area contributed by atoms with Crippen LogP contribution < -0.4 is 14.8 Å². The van der Waals surface area contributed by atoms with E-state index in [2.05, 4.69) is 14.9 Å². The number of aromatic nitrogens is 2. The van der Waals surface area contributed by atoms with Crippen molar-refractivity contribution in [3.8, 4) is 33.9 Å². The van der Waals surface area contributed by atoms with E-state index in [1.165, 1.54) is 0 Å². The molecule has 0 spiro atoms. The highest BCUT2D eigenvalue weighted by molar-refractivity contribution is 6.04. The Bertz CT molecular complexity index is 1100. The van der Waals surface area contributed by atoms with Gasteiger partial charge in [0.15, 0.2) is 0 Å². The Morgan fingerprint density at radius 3 is 2.55 bits per heavy atom. The molecule has 0 fully saturated rings. The van der Waals surface area contributed by atoms with Gasteiger partial charge < -0.3 is 19.4 Å². The van der Waals surface area contributed by atoms with Crippen LogP contribution in [0, 0.1) is 0 Å². The predicted octanol–water partition coefficient (Wildman–Crippen LogP) is 5.26. The monoisotopic (exact) mass is 421 g/mol. The van der Waals surface area contributed by atoms with E-state index in [9.17, 15) is 4.79 Å². The van der Waals surface area contributed by atoms with Gasteiger partial charge in [0.2, 0.25) is 0 Å². The molecule has 0 saturated heterocycles. The third-order valence-corrected chi connectivity index (χ3v) is 5.40. The van der Waals surface area contributed by atoms with Crippen LogP contribution in [0.3, 0.4) is 0 Å². The van der Waals surface area contributed by atoms with E-state index in [1.54, 1.807) is 26.6 Å². The molecular weight excluding hydrogens is 390 g/mol. The van der Waals surface area contributed by atoms with Crippen LogP contribution in [-0.4, -0.2) is 29.6 Å². The molecule has 6 heteroatoms. The molecule has 1 N–H and O–H groups in total. The van der Waals surface area contributed by atoms with Crippen LogP contribution in [0.4, 0.5) is 0 Å². The van der Waals surface area contributed by atoms with E-state index in [4.69, 9.17) is 9.47 Å². The van der Waals surface area contributed by atoms with E-state index in [0.717, 1.165) is 27.9 Å². The van der Waals surface area contributed by atoms with Crippen molar-refractivity contribution in [2.75, 3.05) is 14.2 Å². The van der Waals surface area contributed by atoms with Gasteiger partial charge in [0.1, 0.15) is 22.8 Å². The summed E-state index contributed by atoms with van der Waals surface area (Å²) in [6.45, 7) is 10.7. The molecule has 164 valence electrons. The third kappa shape index (κ3) is 3.56. The SMILES string of the molecule is CC.CCn1c(C(=O)NC)c(-c2ccccc2OC)c2c1-c1ccncc1OC2(C)C. The lowest BCUT2D eigenvalue weighted by atomic mass is 9.85. The maximum Gasteiger partial charge on any atom is 0.268 e. The van der Waals surface area contributed by atoms with Crippen molar-refractivity contribution >= 4 is 5.91 Å². The Labute approximate surface area is 184 Å². The van der Waals surface area contributed by atoms with E-state index in [0.29, 0.717) is 23.7 Å². The van der Waals surface area contributed by atoms with Crippen molar-refractivity contribution in [2.45, 2.75) is 46.8 Å². The third-order valence-electron chi connectivity index (χ3n) is 5.40. The minimum absolute atomic E-state index is 0.145. The van der Waals surface area contributed by atoms with Crippen molar-refractivity contribution < 1.29 is 14.3 Å². The zero-order valence-electron chi connectivity index (χ0n) is 19.4. The second kappa shape index (κ2) is 8.84. The number of pyridine rings is 1. The number of carbonyl (C=O) groups excluding carboxylic acids is 1. The minimum atomic E-state index is -0.662. The largest absolute Gasteiger partial charge is 0.496 e. The van der Waals surface area contributed by atoms with Crippen LogP contribution in [0.2, 0.25) is 0 Å². The smallest absolute Gasteiger partial charge is 0.268 e. The number of nitrogens with one attached hydrogen (secondary N) is 1. The number of para-hydroxylation sites is 1. The molecule has 1 aliphatic heterocycles. The fourth-order valence-corrected chi connectivity index (χ4v) is 4.25. The van der Waals surface area contributed by atoms with Gasteiger partial charge in [-0.05, 0) is 32.9 Å². The fourth-order valence-electron chi connectivity index (χ4n) is 4.25. The first-order valence-electron chi connectivity index (χ1n) is 10.7. The number of methoxy groups -OCH3 is 1. The van der Waals surface area contributed by atoms with Crippen LogP contribution in [0.1, 0.15) is 50.7 Å². The Morgan fingerprint density at radius 1 is 1.19 bits per heavy atom. The average molecular weight is 422 g/mol. The molecule has 4 rings (SSSR count). The van der Waals surface area contributed by atoms with Crippen molar-refractivity contribution in [3.05, 3.63) is 54.0 Å². The highest BCUT2D eigenvalue weighted by Crippen LogP contribution is 2.52. The Balaban J connectivity index is 0.00000132. The Morgan fingerprint density at radius 2 is 1.90 bits per heavy atom. The van der Waals surface area contributed by atoms with Crippen molar-refractivity contribution in [1.82, 2.24) is 14.9 Å². The first-order chi connectivity index (χ1) is 14.9. The lowest BCUT2D eigenvalue weighted by Gasteiger charge is -2.34. The summed E-state index contributed by atoms with van der Waals surface area (Å²) in [5, 5.41) is 2.81. The Hall–Kier alpha value is -3.28. The number of carbonyl (C=O) groups is 1. The van der Waals surface area contributed by atoms with Gasteiger partial charge in [-0.15, -0.1) is 0 Å². The highest BCUT2D eigenvalue weighted by Gasteiger charge is 2.42. The van der Waals surface area contributed by atoms with Gasteiger partial charge in [-0.1, -0.05) is 32.0 Å². The van der Waals surface area contributed by atoms with Gasteiger partial charge in [0, 0.05) is 42.0 Å². The molecule has 2 aromatic heterocycles. The summed E-state index contributed by atoms with van der Waals surface area (Å²) < 4.78 is 14.1. The molecule has 0 radical (unpaired) electrons. The maximum atomic E-state index is 13.1. The summed E-state index contributed by atoms with van der Waals surface area (Å²) in [6.07, 6.45) is 3.48. The number of rotatable bonds is 4. The van der Waals surface area contributed by atoms with E-state index in [1.807, 2.05) is 65.0 Å². The summed E-state index contributed by atoms with van der Waals surface area (Å²) in [7, 11) is 3.30. The first-order valence-corrected chi connectivity index (χ1v) is 10.7. The molecule has 1 aliphatic rings. The molecule has 0 aliphatic carbocycles. The molecule has 6 nitrogen and oxygen atoms in total. The van der Waals surface area contributed by atoms with Gasteiger partial charge >= 0.3 is 0 Å². The van der Waals surface area contributed by atoms with Crippen molar-refractivity contribution in [1.29, 1.82) is 0 Å². The van der Waals surface area contributed by atoms with E-state index < -0.39 is 5.60 Å². The lowest BCUT2D eigenvalue weighted by molar-refractivity contribution is 0.0955. The molecule has 0 saturated carbocycles. The quantitative estimate of drug-likeness (QED) is 0.624. The standard InChI is InChI=1S/C23H25N3O3.C2H6/c1-6-26-20-15-11-12-25-13-17(15)29-23(2,3)19(20)18(21(26)22(27)24-4)14-9-7-8-10-16(14)28-5;1-2/h7-13H,6H2,1-5H3,(H,24,27);1-2H3. The van der Waals surface area contributed by atoms with Crippen LogP contribution in [0.15, 0.2) is 42.7 Å². The number of nitrogens with zero attached hydrogens (tertiary/aromatic N) is 2. The number of benzene rings is 1. The molecule has 1 amide bonds. The summed E-state index contributed by atoms with van der Waals surface area (Å²) in [5.74, 6) is 1.28. The maximum absolute atomic E-state index is 13.1. The van der Waals surface area contributed by atoms with Gasteiger partial charge in [0.25, 0.3) is 5.91 Å². The molecule has 3 heterocycles. The number of ether oxygens (including phenoxy) is 2. The number of fused-ring (bicyclic) bond motifs is 3. The van der Waals surface area contributed by atoms with Gasteiger partial charge in [-0.2, -0.15) is 0 Å². The minimum Gasteiger partial charge on any atom is -0.496 e. The Kier molecular flexibility index (Phi) is 6.39. The number of amides is 1. The van der Waals surface area contributed by atoms with E-state index in [-0.39, 0.29) is 5.91 Å². The van der Waals surface area contributed by atoms with Crippen molar-refractivity contribution in [3.63, 3.8) is 0 Å². The van der Waals surface area contributed by atoms with E-state index >= 15 is 0 Å². The first kappa shape index (κ1) is 22.4. The van der Waals surface area contributed by atoms with Crippen molar-refractivity contribution in [2.24, 2.45) is 0 Å². The molecule has 0 bridgehead atoms. The fraction of sp³-hybridized carbons (Fsp3) is 0.360. The van der Waals surface area contributed by atoms with Crippen LogP contribution in [-0.2, 0) is 12.1 Å². The zero-order chi connectivity index (χ0) is 22.8. The molecule has 1 aromatic carbocycles. The summed E-state index contributed by atoms with van der Waals surface area (Å²) >= 11 is 0. The van der Waals surface area contributed by atoms with Crippen LogP contribution in [0.25, 0.3) is 22.4 Å². The average Bonchev–Trinajstić information content (AvgIpc) is 3.16. The van der Waals surface area contributed by atoms with Crippen LogP contribution in [0.5, 0.6) is 11.5 Å². The normalized spacial score (nSPS) is 13.1. The molecular formula is C25H31N3O3. The second-order valence-corrected chi connectivity index (χ2v) is 7.46. The molecule has 0 unspecified atom stereocenters. The highest BCUT2D eigenvalue weighted by atomic mass is 16.5. The summed E-state index contributed by atoms with van der Waals surface area (Å²) in [5.41, 5.74) is 4.54. The molecule has 31 heavy (non-hydrogen) atoms. The predicted molar refractivity (Wildman–Crippen MR) is 124 cm³/mol. The van der Waals surface area contributed by atoms with Gasteiger partial charge in [0.05, 0.1) is 19.0 Å². The second-order valence-electron chi connectivity index (χ2n) is 7.46. The lowest BCUT2D eigenvalue weighted by Crippen LogP contribution is -2.30. The zero-order valence-corrected chi connectivity index (χ0v) is 19.4. The van der Waals surface area contributed by atoms with Crippen LogP contribution >= 0.6 is 0 Å². The summed E-state index contributed by atoms with van der Waals surface area (Å²) in [4.78, 5) is 17.3. The number of hydrogen-bond acceptors (Lipinski definition) is 4. The number of hydrogen-bond donors (Lipinski definition) is 1. The molecule has 0 atom stereocenters. The topological polar surface area (TPSA) is 65.4 Å². The molecule has 3 aromatic rings. The van der Waals surface area contributed by atoms with Gasteiger partial charge in [-0.3, -0.25) is 9.78 Å².